The molecule has 0 aromatic heterocycles. The van der Waals surface area contributed by atoms with E-state index in [1.54, 1.807) is 0 Å². The van der Waals surface area contributed by atoms with Crippen LogP contribution in [0.3, 0.4) is 0 Å². The highest BCUT2D eigenvalue weighted by Crippen LogP contribution is 2.31. The number of halogens is 1. The highest BCUT2D eigenvalue weighted by Gasteiger charge is 2.36. The van der Waals surface area contributed by atoms with Gasteiger partial charge in [-0.3, -0.25) is 4.90 Å². The van der Waals surface area contributed by atoms with Gasteiger partial charge in [0, 0.05) is 35.9 Å². The number of benzene rings is 1. The van der Waals surface area contributed by atoms with E-state index in [0.717, 1.165) is 11.1 Å². The molecule has 2 saturated heterocycles. The third-order valence-corrected chi connectivity index (χ3v) is 5.16. The molecule has 0 aliphatic carbocycles. The van der Waals surface area contributed by atoms with Crippen molar-refractivity contribution >= 4 is 17.3 Å². The summed E-state index contributed by atoms with van der Waals surface area (Å²) < 4.78 is 0. The molecule has 2 unspecified atom stereocenters. The van der Waals surface area contributed by atoms with Crippen LogP contribution in [0, 0.1) is 5.92 Å². The van der Waals surface area contributed by atoms with E-state index < -0.39 is 0 Å². The average Bonchev–Trinajstić information content (AvgIpc) is 2.46. The summed E-state index contributed by atoms with van der Waals surface area (Å²) in [4.78, 5) is 5.34. The number of rotatable bonds is 2. The average molecular weight is 293 g/mol. The van der Waals surface area contributed by atoms with Crippen LogP contribution in [-0.2, 0) is 0 Å². The number of nitrogens with zero attached hydrogens (tertiary/aromatic N) is 2. The Balaban J connectivity index is 1.84. The summed E-state index contributed by atoms with van der Waals surface area (Å²) in [5.74, 6) is 0.675. The number of fused-ring (bicyclic) bond motifs is 1. The second-order valence-electron chi connectivity index (χ2n) is 6.58. The Morgan fingerprint density at radius 3 is 2.55 bits per heavy atom. The largest absolute Gasteiger partial charge is 0.365 e. The van der Waals surface area contributed by atoms with Crippen LogP contribution in [0.5, 0.6) is 0 Å². The second-order valence-corrected chi connectivity index (χ2v) is 7.02. The molecule has 3 rings (SSSR count). The zero-order valence-corrected chi connectivity index (χ0v) is 13.3. The van der Waals surface area contributed by atoms with Crippen LogP contribution >= 0.6 is 11.6 Å². The molecule has 0 amide bonds. The molecule has 0 bridgehead atoms. The summed E-state index contributed by atoms with van der Waals surface area (Å²) >= 11 is 6.03. The normalized spacial score (nSPS) is 27.7. The Morgan fingerprint density at radius 2 is 1.85 bits per heavy atom. The Kier molecular flexibility index (Phi) is 4.23. The molecule has 1 aromatic rings. The maximum atomic E-state index is 6.03. The van der Waals surface area contributed by atoms with Gasteiger partial charge in [0.15, 0.2) is 0 Å². The zero-order valence-electron chi connectivity index (χ0n) is 12.6. The Hall–Kier alpha value is -0.730. The number of hydrogen-bond acceptors (Lipinski definition) is 2. The van der Waals surface area contributed by atoms with Crippen LogP contribution in [0.1, 0.15) is 33.1 Å². The summed E-state index contributed by atoms with van der Waals surface area (Å²) in [5.41, 5.74) is 1.33. The lowest BCUT2D eigenvalue weighted by Gasteiger charge is -2.50. The molecule has 110 valence electrons. The van der Waals surface area contributed by atoms with E-state index in [-0.39, 0.29) is 0 Å². The third kappa shape index (κ3) is 2.82. The minimum Gasteiger partial charge on any atom is -0.365 e. The first-order valence-electron chi connectivity index (χ1n) is 7.91. The van der Waals surface area contributed by atoms with Crippen molar-refractivity contribution in [2.75, 3.05) is 24.5 Å². The topological polar surface area (TPSA) is 6.48 Å². The van der Waals surface area contributed by atoms with E-state index in [1.165, 1.54) is 44.6 Å². The summed E-state index contributed by atoms with van der Waals surface area (Å²) in [6.45, 7) is 8.37. The van der Waals surface area contributed by atoms with Gasteiger partial charge in [-0.2, -0.15) is 0 Å². The van der Waals surface area contributed by atoms with Crippen molar-refractivity contribution in [3.8, 4) is 0 Å². The van der Waals surface area contributed by atoms with Crippen LogP contribution < -0.4 is 4.90 Å². The monoisotopic (exact) mass is 292 g/mol. The van der Waals surface area contributed by atoms with Gasteiger partial charge < -0.3 is 4.90 Å². The van der Waals surface area contributed by atoms with E-state index in [1.807, 2.05) is 12.1 Å². The van der Waals surface area contributed by atoms with Crippen LogP contribution in [0.15, 0.2) is 24.3 Å². The molecule has 1 aromatic carbocycles. The molecule has 2 fully saturated rings. The van der Waals surface area contributed by atoms with Gasteiger partial charge in [0.1, 0.15) is 0 Å². The number of anilines is 1. The van der Waals surface area contributed by atoms with Crippen LogP contribution in [0.2, 0.25) is 5.02 Å². The minimum absolute atomic E-state index is 0.616. The smallest absolute Gasteiger partial charge is 0.0440 e. The summed E-state index contributed by atoms with van der Waals surface area (Å²) in [5, 5.41) is 0.825. The standard InChI is InChI=1S/C17H25ClN2/c1-13(2)17-12-19-10-4-3-5-16(19)11-20(17)15-8-6-14(18)7-9-15/h6-9,13,16-17H,3-5,10-12H2,1-2H3. The first-order chi connectivity index (χ1) is 9.65. The predicted octanol–water partition coefficient (Wildman–Crippen LogP) is 4.04. The Bertz CT molecular complexity index is 443. The minimum atomic E-state index is 0.616. The highest BCUT2D eigenvalue weighted by atomic mass is 35.5. The van der Waals surface area contributed by atoms with Crippen molar-refractivity contribution in [1.29, 1.82) is 0 Å². The molecule has 0 saturated carbocycles. The first-order valence-corrected chi connectivity index (χ1v) is 8.29. The quantitative estimate of drug-likeness (QED) is 0.812. The predicted molar refractivity (Wildman–Crippen MR) is 86.6 cm³/mol. The summed E-state index contributed by atoms with van der Waals surface area (Å²) in [7, 11) is 0. The SMILES string of the molecule is CC(C)C1CN2CCCCC2CN1c1ccc(Cl)cc1. The van der Waals surface area contributed by atoms with E-state index in [0.29, 0.717) is 12.0 Å². The number of hydrogen-bond donors (Lipinski definition) is 0. The summed E-state index contributed by atoms with van der Waals surface area (Å²) in [6, 6.07) is 9.75. The fourth-order valence-corrected chi connectivity index (χ4v) is 3.83. The fraction of sp³-hybridized carbons (Fsp3) is 0.647. The lowest BCUT2D eigenvalue weighted by atomic mass is 9.91. The van der Waals surface area contributed by atoms with Crippen molar-refractivity contribution in [2.24, 2.45) is 5.92 Å². The van der Waals surface area contributed by atoms with Gasteiger partial charge in [-0.05, 0) is 49.6 Å². The molecule has 2 aliphatic heterocycles. The third-order valence-electron chi connectivity index (χ3n) is 4.91. The molecular weight excluding hydrogens is 268 g/mol. The molecule has 2 aliphatic rings. The van der Waals surface area contributed by atoms with Crippen molar-refractivity contribution in [1.82, 2.24) is 4.90 Å². The molecular formula is C17H25ClN2. The maximum absolute atomic E-state index is 6.03. The Morgan fingerprint density at radius 1 is 1.10 bits per heavy atom. The lowest BCUT2D eigenvalue weighted by Crippen LogP contribution is -2.61. The highest BCUT2D eigenvalue weighted by molar-refractivity contribution is 6.30. The fourth-order valence-electron chi connectivity index (χ4n) is 3.71. The first kappa shape index (κ1) is 14.2. The van der Waals surface area contributed by atoms with Gasteiger partial charge in [0.25, 0.3) is 0 Å². The van der Waals surface area contributed by atoms with Gasteiger partial charge in [0.2, 0.25) is 0 Å². The molecule has 0 radical (unpaired) electrons. The second kappa shape index (κ2) is 5.95. The molecule has 2 nitrogen and oxygen atoms in total. The van der Waals surface area contributed by atoms with Crippen molar-refractivity contribution < 1.29 is 0 Å². The van der Waals surface area contributed by atoms with E-state index in [2.05, 4.69) is 35.8 Å². The molecule has 20 heavy (non-hydrogen) atoms. The maximum Gasteiger partial charge on any atom is 0.0440 e. The van der Waals surface area contributed by atoms with Gasteiger partial charge in [-0.25, -0.2) is 0 Å². The summed E-state index contributed by atoms with van der Waals surface area (Å²) in [6.07, 6.45) is 4.12. The molecule has 2 atom stereocenters. The lowest BCUT2D eigenvalue weighted by molar-refractivity contribution is 0.100. The molecule has 3 heteroatoms. The number of piperazine rings is 1. The molecule has 0 spiro atoms. The van der Waals surface area contributed by atoms with Gasteiger partial charge in [-0.1, -0.05) is 31.9 Å². The molecule has 2 heterocycles. The van der Waals surface area contributed by atoms with Crippen molar-refractivity contribution in [3.05, 3.63) is 29.3 Å². The van der Waals surface area contributed by atoms with Crippen LogP contribution in [0.25, 0.3) is 0 Å². The van der Waals surface area contributed by atoms with Gasteiger partial charge >= 0.3 is 0 Å². The van der Waals surface area contributed by atoms with E-state index in [4.69, 9.17) is 11.6 Å². The van der Waals surface area contributed by atoms with E-state index >= 15 is 0 Å². The van der Waals surface area contributed by atoms with Crippen LogP contribution in [-0.4, -0.2) is 36.6 Å². The zero-order chi connectivity index (χ0) is 14.1. The van der Waals surface area contributed by atoms with Gasteiger partial charge in [0.05, 0.1) is 0 Å². The molecule has 0 N–H and O–H groups in total. The van der Waals surface area contributed by atoms with Gasteiger partial charge in [-0.15, -0.1) is 0 Å². The van der Waals surface area contributed by atoms with Crippen molar-refractivity contribution in [2.45, 2.75) is 45.2 Å². The Labute approximate surface area is 127 Å². The number of piperidine rings is 1. The van der Waals surface area contributed by atoms with Crippen LogP contribution in [0.4, 0.5) is 5.69 Å². The van der Waals surface area contributed by atoms with Crippen molar-refractivity contribution in [3.63, 3.8) is 0 Å². The van der Waals surface area contributed by atoms with E-state index in [9.17, 15) is 0 Å².